The Morgan fingerprint density at radius 1 is 1.12 bits per heavy atom. The van der Waals surface area contributed by atoms with Crippen LogP contribution < -0.4 is 0 Å². The van der Waals surface area contributed by atoms with Crippen LogP contribution in [0.15, 0.2) is 42.5 Å². The zero-order valence-electron chi connectivity index (χ0n) is 17.8. The second-order valence-electron chi connectivity index (χ2n) is 7.53. The van der Waals surface area contributed by atoms with Gasteiger partial charge in [0.15, 0.2) is 0 Å². The first-order chi connectivity index (χ1) is 15.5. The highest BCUT2D eigenvalue weighted by Gasteiger charge is 2.51. The monoisotopic (exact) mass is 479 g/mol. The molecule has 174 valence electrons. The number of hydrogen-bond acceptors (Lipinski definition) is 5. The van der Waals surface area contributed by atoms with Crippen LogP contribution in [0.1, 0.15) is 59.4 Å². The summed E-state index contributed by atoms with van der Waals surface area (Å²) in [4.78, 5) is 25.3. The fraction of sp³-hybridized carbons (Fsp3) is 0.304. The van der Waals surface area contributed by atoms with Gasteiger partial charge < -0.3 is 0 Å². The lowest BCUT2D eigenvalue weighted by Gasteiger charge is -2.25. The number of hydroxylamine groups is 2. The summed E-state index contributed by atoms with van der Waals surface area (Å²) in [6.07, 6.45) is 6.69. The molecular weight excluding hydrogens is 459 g/mol. The molecule has 6 nitrogen and oxygen atoms in total. The predicted octanol–water partition coefficient (Wildman–Crippen LogP) is 4.95. The standard InChI is InChI=1S/C23H20F3NO5S/c1-3-15(2)9-6-4-5-7-10-16-13-14-19-20-17(16)11-8-12-18(20)21(28)27(22(19)29)32-33(30,31)23(24,25)26/h4-5,8,11-15H,3,6,9H2,1-2H3/b5-4-. The second-order valence-corrected chi connectivity index (χ2v) is 9.05. The average Bonchev–Trinajstić information content (AvgIpc) is 2.76. The van der Waals surface area contributed by atoms with Gasteiger partial charge in [-0.05, 0) is 48.4 Å². The Bertz CT molecular complexity index is 1280. The topological polar surface area (TPSA) is 80.8 Å². The first-order valence-corrected chi connectivity index (χ1v) is 11.5. The van der Waals surface area contributed by atoms with Crippen molar-refractivity contribution < 1.29 is 35.5 Å². The van der Waals surface area contributed by atoms with Crippen LogP contribution in [-0.4, -0.2) is 30.8 Å². The first-order valence-electron chi connectivity index (χ1n) is 10.1. The van der Waals surface area contributed by atoms with Gasteiger partial charge in [-0.15, -0.1) is 9.35 Å². The summed E-state index contributed by atoms with van der Waals surface area (Å²) in [6.45, 7) is 4.30. The molecule has 0 saturated heterocycles. The van der Waals surface area contributed by atoms with Gasteiger partial charge in [-0.2, -0.15) is 21.6 Å². The van der Waals surface area contributed by atoms with E-state index in [0.29, 0.717) is 16.9 Å². The minimum Gasteiger partial charge on any atom is -0.266 e. The third-order valence-corrected chi connectivity index (χ3v) is 6.17. The molecule has 0 aliphatic carbocycles. The number of benzene rings is 2. The molecule has 0 saturated carbocycles. The molecule has 1 atom stereocenters. The zero-order valence-corrected chi connectivity index (χ0v) is 18.6. The molecule has 0 fully saturated rings. The number of carbonyl (C=O) groups excluding carboxylic acids is 2. The summed E-state index contributed by atoms with van der Waals surface area (Å²) < 4.78 is 64.6. The molecule has 1 aliphatic rings. The van der Waals surface area contributed by atoms with Gasteiger partial charge in [0.25, 0.3) is 11.8 Å². The molecule has 0 radical (unpaired) electrons. The van der Waals surface area contributed by atoms with E-state index in [2.05, 4.69) is 30.0 Å². The fourth-order valence-electron chi connectivity index (χ4n) is 3.24. The van der Waals surface area contributed by atoms with E-state index < -0.39 is 27.4 Å². The maximum Gasteiger partial charge on any atom is 0.525 e. The van der Waals surface area contributed by atoms with Gasteiger partial charge in [-0.3, -0.25) is 9.59 Å². The number of allylic oxidation sites excluding steroid dienone is 2. The minimum absolute atomic E-state index is 0.171. The van der Waals surface area contributed by atoms with Gasteiger partial charge in [0.05, 0.1) is 11.1 Å². The van der Waals surface area contributed by atoms with E-state index in [-0.39, 0.29) is 21.6 Å². The smallest absolute Gasteiger partial charge is 0.266 e. The minimum atomic E-state index is -6.22. The Morgan fingerprint density at radius 3 is 2.42 bits per heavy atom. The number of imide groups is 1. The van der Waals surface area contributed by atoms with Gasteiger partial charge in [0.1, 0.15) is 0 Å². The van der Waals surface area contributed by atoms with Gasteiger partial charge in [-0.25, -0.2) is 0 Å². The van der Waals surface area contributed by atoms with E-state index in [1.165, 1.54) is 24.3 Å². The summed E-state index contributed by atoms with van der Waals surface area (Å²) in [5.41, 5.74) is -5.65. The molecule has 1 heterocycles. The Labute approximate surface area is 189 Å². The molecule has 3 rings (SSSR count). The predicted molar refractivity (Wildman–Crippen MR) is 115 cm³/mol. The molecule has 0 N–H and O–H groups in total. The van der Waals surface area contributed by atoms with Gasteiger partial charge in [0, 0.05) is 10.9 Å². The van der Waals surface area contributed by atoms with Gasteiger partial charge >= 0.3 is 15.6 Å². The Balaban J connectivity index is 1.95. The highest BCUT2D eigenvalue weighted by Crippen LogP contribution is 2.34. The average molecular weight is 479 g/mol. The molecule has 0 aromatic heterocycles. The van der Waals surface area contributed by atoms with E-state index >= 15 is 0 Å². The van der Waals surface area contributed by atoms with E-state index in [4.69, 9.17) is 0 Å². The van der Waals surface area contributed by atoms with Crippen LogP contribution in [0.4, 0.5) is 13.2 Å². The molecule has 2 aromatic carbocycles. The van der Waals surface area contributed by atoms with Crippen LogP contribution in [0.25, 0.3) is 10.8 Å². The van der Waals surface area contributed by atoms with Crippen molar-refractivity contribution in [1.82, 2.24) is 5.06 Å². The highest BCUT2D eigenvalue weighted by atomic mass is 32.2. The SMILES string of the molecule is CCC(C)CC/C=C\C#Cc1ccc2c3c(cccc13)C(=O)N(OS(=O)(=O)C(F)(F)F)C2=O. The van der Waals surface area contributed by atoms with Crippen molar-refractivity contribution in [3.05, 3.63) is 59.2 Å². The summed E-state index contributed by atoms with van der Waals surface area (Å²) >= 11 is 0. The van der Waals surface area contributed by atoms with Gasteiger partial charge in [0.2, 0.25) is 0 Å². The van der Waals surface area contributed by atoms with Crippen LogP contribution in [0.2, 0.25) is 0 Å². The van der Waals surface area contributed by atoms with Crippen molar-refractivity contribution in [1.29, 1.82) is 0 Å². The van der Waals surface area contributed by atoms with Crippen LogP contribution >= 0.6 is 0 Å². The third kappa shape index (κ3) is 4.94. The largest absolute Gasteiger partial charge is 0.525 e. The molecule has 2 aromatic rings. The van der Waals surface area contributed by atoms with E-state index in [1.54, 1.807) is 12.1 Å². The number of amides is 2. The van der Waals surface area contributed by atoms with E-state index in [1.807, 2.05) is 6.08 Å². The van der Waals surface area contributed by atoms with Gasteiger partial charge in [-0.1, -0.05) is 50.3 Å². The number of halogens is 3. The quantitative estimate of drug-likeness (QED) is 0.333. The summed E-state index contributed by atoms with van der Waals surface area (Å²) in [5, 5.41) is 0.223. The molecule has 10 heteroatoms. The van der Waals surface area contributed by atoms with Crippen LogP contribution in [0.3, 0.4) is 0 Å². The van der Waals surface area contributed by atoms with E-state index in [9.17, 15) is 31.2 Å². The van der Waals surface area contributed by atoms with Crippen LogP contribution in [0.5, 0.6) is 0 Å². The highest BCUT2D eigenvalue weighted by molar-refractivity contribution is 7.87. The van der Waals surface area contributed by atoms with Crippen molar-refractivity contribution in [3.8, 4) is 11.8 Å². The molecule has 2 amide bonds. The number of carbonyl (C=O) groups is 2. The van der Waals surface area contributed by atoms with Crippen molar-refractivity contribution in [2.24, 2.45) is 5.92 Å². The maximum atomic E-state index is 12.7. The lowest BCUT2D eigenvalue weighted by Crippen LogP contribution is -2.44. The number of rotatable bonds is 6. The fourth-order valence-corrected chi connectivity index (χ4v) is 3.65. The van der Waals surface area contributed by atoms with Crippen LogP contribution in [0, 0.1) is 17.8 Å². The Morgan fingerprint density at radius 2 is 1.79 bits per heavy atom. The molecule has 0 spiro atoms. The Kier molecular flexibility index (Phi) is 6.95. The lowest BCUT2D eigenvalue weighted by atomic mass is 9.92. The molecular formula is C23H20F3NO5S. The molecule has 33 heavy (non-hydrogen) atoms. The van der Waals surface area contributed by atoms with Crippen molar-refractivity contribution in [3.63, 3.8) is 0 Å². The Hall–Kier alpha value is -3.16. The van der Waals surface area contributed by atoms with Crippen LogP contribution in [-0.2, 0) is 14.4 Å². The van der Waals surface area contributed by atoms with Crippen molar-refractivity contribution in [2.75, 3.05) is 0 Å². The second kappa shape index (κ2) is 9.37. The lowest BCUT2D eigenvalue weighted by molar-refractivity contribution is -0.0761. The molecule has 1 aliphatic heterocycles. The number of nitrogens with zero attached hydrogens (tertiary/aromatic N) is 1. The zero-order chi connectivity index (χ0) is 24.4. The van der Waals surface area contributed by atoms with E-state index in [0.717, 1.165) is 19.3 Å². The first kappa shape index (κ1) is 24.5. The van der Waals surface area contributed by atoms with Crippen molar-refractivity contribution >= 4 is 32.7 Å². The van der Waals surface area contributed by atoms with Crippen molar-refractivity contribution in [2.45, 2.75) is 38.6 Å². The molecule has 0 bridgehead atoms. The third-order valence-electron chi connectivity index (χ3n) is 5.26. The normalized spacial score (nSPS) is 15.1. The number of hydrogen-bond donors (Lipinski definition) is 0. The number of alkyl halides is 3. The summed E-state index contributed by atoms with van der Waals surface area (Å²) in [7, 11) is -6.22. The summed E-state index contributed by atoms with van der Waals surface area (Å²) in [6, 6.07) is 7.09. The maximum absolute atomic E-state index is 12.7. The summed E-state index contributed by atoms with van der Waals surface area (Å²) in [5.74, 6) is 3.82. The molecule has 1 unspecified atom stereocenters.